The first-order valence-corrected chi connectivity index (χ1v) is 4.07. The molecule has 0 aliphatic carbocycles. The topological polar surface area (TPSA) is 21.3 Å². The van der Waals surface area contributed by atoms with Crippen LogP contribution in [0, 0.1) is 5.92 Å². The summed E-state index contributed by atoms with van der Waals surface area (Å²) in [4.78, 5) is 0. The molecule has 1 saturated heterocycles. The van der Waals surface area contributed by atoms with E-state index in [2.05, 4.69) is 5.32 Å². The highest BCUT2D eigenvalue weighted by molar-refractivity contribution is 4.92. The summed E-state index contributed by atoms with van der Waals surface area (Å²) in [5.74, 6) is 0.00231. The van der Waals surface area contributed by atoms with Gasteiger partial charge in [-0.25, -0.2) is 4.39 Å². The first-order chi connectivity index (χ1) is 5.19. The molecule has 1 aliphatic rings. The average molecular weight is 161 g/mol. The number of hydrogen-bond donors (Lipinski definition) is 1. The fraction of sp³-hybridized carbons (Fsp3) is 1.00. The van der Waals surface area contributed by atoms with Crippen LogP contribution in [-0.4, -0.2) is 32.5 Å². The largest absolute Gasteiger partial charge is 0.384 e. The second-order valence-electron chi connectivity index (χ2n) is 3.32. The van der Waals surface area contributed by atoms with Crippen molar-refractivity contribution in [3.63, 3.8) is 0 Å². The van der Waals surface area contributed by atoms with Crippen LogP contribution >= 0.6 is 0 Å². The maximum absolute atomic E-state index is 13.8. The minimum Gasteiger partial charge on any atom is -0.384 e. The van der Waals surface area contributed by atoms with E-state index >= 15 is 0 Å². The molecule has 0 bridgehead atoms. The SMILES string of the molecule is COCC(C)C1(F)CCNC1. The van der Waals surface area contributed by atoms with Crippen LogP contribution in [0.1, 0.15) is 13.3 Å². The van der Waals surface area contributed by atoms with Gasteiger partial charge in [0.2, 0.25) is 0 Å². The molecule has 1 fully saturated rings. The Bertz CT molecular complexity index is 123. The lowest BCUT2D eigenvalue weighted by molar-refractivity contribution is 0.0475. The average Bonchev–Trinajstić information content (AvgIpc) is 2.38. The summed E-state index contributed by atoms with van der Waals surface area (Å²) in [6.45, 7) is 3.69. The number of halogens is 1. The van der Waals surface area contributed by atoms with E-state index in [-0.39, 0.29) is 5.92 Å². The predicted molar refractivity (Wildman–Crippen MR) is 42.4 cm³/mol. The lowest BCUT2D eigenvalue weighted by atomic mass is 9.91. The molecular formula is C8H16FNO. The molecule has 2 unspecified atom stereocenters. The van der Waals surface area contributed by atoms with Gasteiger partial charge in [0.1, 0.15) is 5.67 Å². The molecule has 0 radical (unpaired) electrons. The molecule has 0 saturated carbocycles. The smallest absolute Gasteiger partial charge is 0.129 e. The van der Waals surface area contributed by atoms with Crippen molar-refractivity contribution in [2.24, 2.45) is 5.92 Å². The fourth-order valence-corrected chi connectivity index (χ4v) is 1.50. The van der Waals surface area contributed by atoms with Crippen molar-refractivity contribution in [2.75, 3.05) is 26.8 Å². The highest BCUT2D eigenvalue weighted by Gasteiger charge is 2.38. The van der Waals surface area contributed by atoms with Gasteiger partial charge in [0.25, 0.3) is 0 Å². The second kappa shape index (κ2) is 3.50. The lowest BCUT2D eigenvalue weighted by Crippen LogP contribution is -2.36. The third-order valence-electron chi connectivity index (χ3n) is 2.44. The van der Waals surface area contributed by atoms with Gasteiger partial charge in [-0.2, -0.15) is 0 Å². The van der Waals surface area contributed by atoms with E-state index < -0.39 is 5.67 Å². The molecule has 11 heavy (non-hydrogen) atoms. The summed E-state index contributed by atoms with van der Waals surface area (Å²) in [5.41, 5.74) is -1.03. The summed E-state index contributed by atoms with van der Waals surface area (Å²) in [6, 6.07) is 0. The molecule has 0 aromatic heterocycles. The molecule has 0 amide bonds. The maximum Gasteiger partial charge on any atom is 0.129 e. The Morgan fingerprint density at radius 2 is 2.45 bits per heavy atom. The number of ether oxygens (including phenoxy) is 1. The van der Waals surface area contributed by atoms with Crippen LogP contribution in [0.4, 0.5) is 4.39 Å². The molecule has 0 aromatic carbocycles. The second-order valence-corrected chi connectivity index (χ2v) is 3.32. The Morgan fingerprint density at radius 1 is 1.73 bits per heavy atom. The van der Waals surface area contributed by atoms with Crippen molar-refractivity contribution in [3.8, 4) is 0 Å². The Hall–Kier alpha value is -0.150. The number of rotatable bonds is 3. The van der Waals surface area contributed by atoms with Crippen molar-refractivity contribution in [3.05, 3.63) is 0 Å². The van der Waals surface area contributed by atoms with Crippen LogP contribution in [0.15, 0.2) is 0 Å². The molecule has 1 heterocycles. The Kier molecular flexibility index (Phi) is 2.84. The summed E-state index contributed by atoms with van der Waals surface area (Å²) in [5, 5.41) is 3.02. The molecular weight excluding hydrogens is 145 g/mol. The van der Waals surface area contributed by atoms with Crippen molar-refractivity contribution in [1.82, 2.24) is 5.32 Å². The van der Waals surface area contributed by atoms with Crippen molar-refractivity contribution >= 4 is 0 Å². The molecule has 1 aliphatic heterocycles. The quantitative estimate of drug-likeness (QED) is 0.666. The van der Waals surface area contributed by atoms with Gasteiger partial charge < -0.3 is 10.1 Å². The Morgan fingerprint density at radius 3 is 2.91 bits per heavy atom. The van der Waals surface area contributed by atoms with Crippen LogP contribution in [0.25, 0.3) is 0 Å². The third kappa shape index (κ3) is 1.91. The minimum absolute atomic E-state index is 0.00231. The number of methoxy groups -OCH3 is 1. The molecule has 0 aromatic rings. The maximum atomic E-state index is 13.8. The Labute approximate surface area is 67.1 Å². The van der Waals surface area contributed by atoms with E-state index in [9.17, 15) is 4.39 Å². The standard InChI is InChI=1S/C8H16FNO/c1-7(5-11-2)8(9)3-4-10-6-8/h7,10H,3-6H2,1-2H3. The number of alkyl halides is 1. The van der Waals surface area contributed by atoms with E-state index in [1.165, 1.54) is 0 Å². The molecule has 66 valence electrons. The summed E-state index contributed by atoms with van der Waals surface area (Å²) in [7, 11) is 1.61. The van der Waals surface area contributed by atoms with E-state index in [4.69, 9.17) is 4.74 Å². The van der Waals surface area contributed by atoms with Crippen LogP contribution < -0.4 is 5.32 Å². The summed E-state index contributed by atoms with van der Waals surface area (Å²) < 4.78 is 18.7. The molecule has 1 rings (SSSR count). The lowest BCUT2D eigenvalue weighted by Gasteiger charge is -2.25. The van der Waals surface area contributed by atoms with E-state index in [0.717, 1.165) is 6.54 Å². The van der Waals surface area contributed by atoms with E-state index in [1.807, 2.05) is 6.92 Å². The highest BCUT2D eigenvalue weighted by atomic mass is 19.1. The van der Waals surface area contributed by atoms with Crippen LogP contribution in [0.2, 0.25) is 0 Å². The van der Waals surface area contributed by atoms with Crippen LogP contribution in [-0.2, 0) is 4.74 Å². The first-order valence-electron chi connectivity index (χ1n) is 4.07. The van der Waals surface area contributed by atoms with Gasteiger partial charge in [-0.1, -0.05) is 6.92 Å². The fourth-order valence-electron chi connectivity index (χ4n) is 1.50. The Balaban J connectivity index is 2.42. The number of nitrogens with one attached hydrogen (secondary N) is 1. The predicted octanol–water partition coefficient (Wildman–Crippen LogP) is 0.970. The van der Waals surface area contributed by atoms with Crippen molar-refractivity contribution in [2.45, 2.75) is 19.0 Å². The van der Waals surface area contributed by atoms with Crippen molar-refractivity contribution in [1.29, 1.82) is 0 Å². The normalized spacial score (nSPS) is 34.1. The van der Waals surface area contributed by atoms with E-state index in [1.54, 1.807) is 7.11 Å². The van der Waals surface area contributed by atoms with Crippen LogP contribution in [0.5, 0.6) is 0 Å². The van der Waals surface area contributed by atoms with Gasteiger partial charge in [0.05, 0.1) is 6.61 Å². The minimum atomic E-state index is -1.03. The third-order valence-corrected chi connectivity index (χ3v) is 2.44. The zero-order valence-electron chi connectivity index (χ0n) is 7.19. The molecule has 0 spiro atoms. The van der Waals surface area contributed by atoms with Gasteiger partial charge in [0.15, 0.2) is 0 Å². The van der Waals surface area contributed by atoms with Gasteiger partial charge in [-0.05, 0) is 13.0 Å². The summed E-state index contributed by atoms with van der Waals surface area (Å²) >= 11 is 0. The van der Waals surface area contributed by atoms with Gasteiger partial charge >= 0.3 is 0 Å². The van der Waals surface area contributed by atoms with Gasteiger partial charge in [-0.3, -0.25) is 0 Å². The monoisotopic (exact) mass is 161 g/mol. The number of hydrogen-bond acceptors (Lipinski definition) is 2. The zero-order valence-corrected chi connectivity index (χ0v) is 7.19. The summed E-state index contributed by atoms with van der Waals surface area (Å²) in [6.07, 6.45) is 0.623. The first kappa shape index (κ1) is 8.94. The molecule has 2 atom stereocenters. The van der Waals surface area contributed by atoms with Crippen LogP contribution in [0.3, 0.4) is 0 Å². The van der Waals surface area contributed by atoms with Crippen molar-refractivity contribution < 1.29 is 9.13 Å². The van der Waals surface area contributed by atoms with Gasteiger partial charge in [0, 0.05) is 19.6 Å². The zero-order chi connectivity index (χ0) is 8.32. The highest BCUT2D eigenvalue weighted by Crippen LogP contribution is 2.28. The van der Waals surface area contributed by atoms with Gasteiger partial charge in [-0.15, -0.1) is 0 Å². The molecule has 1 N–H and O–H groups in total. The molecule has 3 heteroatoms. The molecule has 2 nitrogen and oxygen atoms in total. The van der Waals surface area contributed by atoms with E-state index in [0.29, 0.717) is 19.6 Å².